The van der Waals surface area contributed by atoms with E-state index in [2.05, 4.69) is 4.90 Å². The lowest BCUT2D eigenvalue weighted by molar-refractivity contribution is -0.151. The molecule has 0 radical (unpaired) electrons. The molecule has 0 N–H and O–H groups in total. The zero-order valence-electron chi connectivity index (χ0n) is 12.2. The maximum Gasteiger partial charge on any atom is 0.323 e. The lowest BCUT2D eigenvalue weighted by Crippen LogP contribution is -2.47. The Morgan fingerprint density at radius 2 is 2.06 bits per heavy atom. The van der Waals surface area contributed by atoms with Crippen molar-refractivity contribution >= 4 is 5.97 Å². The van der Waals surface area contributed by atoms with Gasteiger partial charge in [-0.1, -0.05) is 6.42 Å². The Labute approximate surface area is 111 Å². The molecule has 1 aliphatic heterocycles. The number of esters is 1. The van der Waals surface area contributed by atoms with E-state index in [0.29, 0.717) is 13.2 Å². The minimum absolute atomic E-state index is 0.0673. The van der Waals surface area contributed by atoms with Crippen LogP contribution in [0.25, 0.3) is 0 Å². The maximum absolute atomic E-state index is 11.9. The van der Waals surface area contributed by atoms with Crippen molar-refractivity contribution in [2.75, 3.05) is 26.3 Å². The summed E-state index contributed by atoms with van der Waals surface area (Å²) in [4.78, 5) is 14.1. The predicted octanol–water partition coefficient (Wildman–Crippen LogP) is 2.22. The maximum atomic E-state index is 11.9. The molecule has 0 aromatic rings. The Morgan fingerprint density at radius 1 is 1.33 bits per heavy atom. The second kappa shape index (κ2) is 7.10. The van der Waals surface area contributed by atoms with Gasteiger partial charge in [0.2, 0.25) is 0 Å². The largest absolute Gasteiger partial charge is 0.465 e. The lowest BCUT2D eigenvalue weighted by Gasteiger charge is -2.34. The molecule has 0 amide bonds. The lowest BCUT2D eigenvalue weighted by atomic mass is 10.0. The number of rotatable bonds is 5. The fourth-order valence-electron chi connectivity index (χ4n) is 2.23. The van der Waals surface area contributed by atoms with Crippen molar-refractivity contribution in [3.63, 3.8) is 0 Å². The van der Waals surface area contributed by atoms with E-state index in [4.69, 9.17) is 9.47 Å². The van der Waals surface area contributed by atoms with Crippen LogP contribution in [0.2, 0.25) is 0 Å². The Bertz CT molecular complexity index is 260. The van der Waals surface area contributed by atoms with E-state index >= 15 is 0 Å². The molecule has 4 heteroatoms. The van der Waals surface area contributed by atoms with Crippen LogP contribution in [0.3, 0.4) is 0 Å². The normalized spacial score (nSPS) is 21.9. The first-order valence-corrected chi connectivity index (χ1v) is 6.98. The summed E-state index contributed by atoms with van der Waals surface area (Å²) in [6.07, 6.45) is 3.18. The van der Waals surface area contributed by atoms with E-state index in [1.54, 1.807) is 0 Å². The predicted molar refractivity (Wildman–Crippen MR) is 71.6 cm³/mol. The minimum atomic E-state index is -0.116. The highest BCUT2D eigenvalue weighted by Gasteiger charge is 2.29. The third kappa shape index (κ3) is 5.36. The van der Waals surface area contributed by atoms with E-state index < -0.39 is 0 Å². The fraction of sp³-hybridized carbons (Fsp3) is 0.929. The van der Waals surface area contributed by atoms with E-state index in [-0.39, 0.29) is 17.6 Å². The fourth-order valence-corrected chi connectivity index (χ4v) is 2.23. The van der Waals surface area contributed by atoms with Crippen molar-refractivity contribution in [2.45, 2.75) is 58.6 Å². The summed E-state index contributed by atoms with van der Waals surface area (Å²) < 4.78 is 10.9. The highest BCUT2D eigenvalue weighted by Crippen LogP contribution is 2.18. The number of carbonyl (C=O) groups is 1. The summed E-state index contributed by atoms with van der Waals surface area (Å²) in [7, 11) is 0. The van der Waals surface area contributed by atoms with Crippen LogP contribution in [0.1, 0.15) is 47.0 Å². The van der Waals surface area contributed by atoms with Crippen LogP contribution in [0.5, 0.6) is 0 Å². The molecule has 1 heterocycles. The summed E-state index contributed by atoms with van der Waals surface area (Å²) in [5.74, 6) is -0.0760. The van der Waals surface area contributed by atoms with E-state index in [9.17, 15) is 4.79 Å². The first-order valence-electron chi connectivity index (χ1n) is 6.98. The summed E-state index contributed by atoms with van der Waals surface area (Å²) >= 11 is 0. The van der Waals surface area contributed by atoms with Crippen LogP contribution in [-0.2, 0) is 14.3 Å². The van der Waals surface area contributed by atoms with Gasteiger partial charge in [0.15, 0.2) is 0 Å². The van der Waals surface area contributed by atoms with Crippen LogP contribution in [0, 0.1) is 0 Å². The van der Waals surface area contributed by atoms with E-state index in [1.807, 2.05) is 27.7 Å². The van der Waals surface area contributed by atoms with Crippen LogP contribution in [0.4, 0.5) is 0 Å². The molecule has 1 fully saturated rings. The molecule has 1 rings (SSSR count). The van der Waals surface area contributed by atoms with Gasteiger partial charge >= 0.3 is 5.97 Å². The number of hydrogen-bond acceptors (Lipinski definition) is 4. The molecular weight excluding hydrogens is 230 g/mol. The minimum Gasteiger partial charge on any atom is -0.465 e. The summed E-state index contributed by atoms with van der Waals surface area (Å²) in [5, 5.41) is 0. The molecule has 0 saturated carbocycles. The van der Waals surface area contributed by atoms with Gasteiger partial charge in [-0.25, -0.2) is 0 Å². The van der Waals surface area contributed by atoms with Gasteiger partial charge in [-0.15, -0.1) is 0 Å². The number of ether oxygens (including phenoxy) is 2. The van der Waals surface area contributed by atoms with Crippen LogP contribution in [-0.4, -0.2) is 48.8 Å². The van der Waals surface area contributed by atoms with Gasteiger partial charge in [-0.05, 0) is 47.1 Å². The van der Waals surface area contributed by atoms with Crippen LogP contribution in [0.15, 0.2) is 0 Å². The summed E-state index contributed by atoms with van der Waals surface area (Å²) in [6.45, 7) is 10.9. The first-order chi connectivity index (χ1) is 8.44. The van der Waals surface area contributed by atoms with Crippen molar-refractivity contribution in [2.24, 2.45) is 0 Å². The molecular formula is C14H27NO3. The molecule has 1 unspecified atom stereocenters. The molecule has 1 atom stereocenters. The van der Waals surface area contributed by atoms with E-state index in [1.165, 1.54) is 0 Å². The van der Waals surface area contributed by atoms with Gasteiger partial charge in [0.1, 0.15) is 6.04 Å². The second-order valence-electron chi connectivity index (χ2n) is 5.76. The summed E-state index contributed by atoms with van der Waals surface area (Å²) in [5.41, 5.74) is -0.116. The molecule has 0 aromatic heterocycles. The molecule has 0 spiro atoms. The van der Waals surface area contributed by atoms with Crippen LogP contribution < -0.4 is 0 Å². The van der Waals surface area contributed by atoms with Crippen molar-refractivity contribution in [3.05, 3.63) is 0 Å². The monoisotopic (exact) mass is 257 g/mol. The molecule has 106 valence electrons. The highest BCUT2D eigenvalue weighted by atomic mass is 16.5. The Hall–Kier alpha value is -0.610. The zero-order valence-corrected chi connectivity index (χ0v) is 12.2. The zero-order chi connectivity index (χ0) is 13.6. The molecule has 0 aliphatic carbocycles. The van der Waals surface area contributed by atoms with Gasteiger partial charge in [0, 0.05) is 6.54 Å². The highest BCUT2D eigenvalue weighted by molar-refractivity contribution is 5.75. The van der Waals surface area contributed by atoms with Gasteiger partial charge in [0.25, 0.3) is 0 Å². The SMILES string of the molecule is CCOC(=O)C1CCCCN1CCOC(C)(C)C. The molecule has 1 aliphatic rings. The van der Waals surface area contributed by atoms with Gasteiger partial charge in [-0.3, -0.25) is 9.69 Å². The number of piperidine rings is 1. The first kappa shape index (κ1) is 15.4. The topological polar surface area (TPSA) is 38.8 Å². The smallest absolute Gasteiger partial charge is 0.323 e. The third-order valence-electron chi connectivity index (χ3n) is 3.09. The van der Waals surface area contributed by atoms with Crippen LogP contribution >= 0.6 is 0 Å². The Morgan fingerprint density at radius 3 is 2.67 bits per heavy atom. The average Bonchev–Trinajstić information content (AvgIpc) is 2.28. The number of nitrogens with zero attached hydrogens (tertiary/aromatic N) is 1. The molecule has 0 bridgehead atoms. The van der Waals surface area contributed by atoms with Crippen molar-refractivity contribution < 1.29 is 14.3 Å². The van der Waals surface area contributed by atoms with Gasteiger partial charge < -0.3 is 9.47 Å². The quantitative estimate of drug-likeness (QED) is 0.708. The van der Waals surface area contributed by atoms with Gasteiger partial charge in [-0.2, -0.15) is 0 Å². The Kier molecular flexibility index (Phi) is 6.09. The molecule has 0 aromatic carbocycles. The summed E-state index contributed by atoms with van der Waals surface area (Å²) in [6, 6.07) is -0.0673. The van der Waals surface area contributed by atoms with Crippen molar-refractivity contribution in [1.82, 2.24) is 4.90 Å². The molecule has 4 nitrogen and oxygen atoms in total. The molecule has 1 saturated heterocycles. The van der Waals surface area contributed by atoms with E-state index in [0.717, 1.165) is 32.4 Å². The van der Waals surface area contributed by atoms with Gasteiger partial charge in [0.05, 0.1) is 18.8 Å². The second-order valence-corrected chi connectivity index (χ2v) is 5.76. The number of likely N-dealkylation sites (tertiary alicyclic amines) is 1. The standard InChI is InChI=1S/C14H27NO3/c1-5-17-13(16)12-8-6-7-9-15(12)10-11-18-14(2,3)4/h12H,5-11H2,1-4H3. The number of carbonyl (C=O) groups excluding carboxylic acids is 1. The van der Waals surface area contributed by atoms with Crippen molar-refractivity contribution in [3.8, 4) is 0 Å². The molecule has 18 heavy (non-hydrogen) atoms. The third-order valence-corrected chi connectivity index (χ3v) is 3.09. The average molecular weight is 257 g/mol. The Balaban J connectivity index is 2.42. The number of hydrogen-bond donors (Lipinski definition) is 0. The van der Waals surface area contributed by atoms with Crippen molar-refractivity contribution in [1.29, 1.82) is 0 Å².